The van der Waals surface area contributed by atoms with Gasteiger partial charge in [-0.2, -0.15) is 0 Å². The first-order valence-electron chi connectivity index (χ1n) is 5.08. The number of amides is 1. The molecule has 0 radical (unpaired) electrons. The minimum absolute atomic E-state index is 0.193. The minimum atomic E-state index is -0.309. The molecule has 2 aromatic rings. The van der Waals surface area contributed by atoms with Gasteiger partial charge in [-0.3, -0.25) is 4.79 Å². The Morgan fingerprint density at radius 2 is 2.39 bits per heavy atom. The highest BCUT2D eigenvalue weighted by molar-refractivity contribution is 7.03. The molecule has 6 heteroatoms. The van der Waals surface area contributed by atoms with E-state index in [4.69, 9.17) is 5.11 Å². The summed E-state index contributed by atoms with van der Waals surface area (Å²) in [6.45, 7) is -0.193. The zero-order valence-corrected chi connectivity index (χ0v) is 10.1. The normalized spacial score (nSPS) is 9.39. The fourth-order valence-electron chi connectivity index (χ4n) is 1.27. The van der Waals surface area contributed by atoms with Crippen LogP contribution in [0.25, 0.3) is 0 Å². The first-order valence-corrected chi connectivity index (χ1v) is 5.91. The van der Waals surface area contributed by atoms with Crippen LogP contribution in [-0.4, -0.2) is 27.2 Å². The van der Waals surface area contributed by atoms with E-state index in [1.165, 1.54) is 0 Å². The Kier molecular flexibility index (Phi) is 4.02. The van der Waals surface area contributed by atoms with Crippen LogP contribution < -0.4 is 5.32 Å². The van der Waals surface area contributed by atoms with Crippen molar-refractivity contribution in [3.8, 4) is 11.8 Å². The first kappa shape index (κ1) is 12.2. The van der Waals surface area contributed by atoms with Crippen LogP contribution in [0.1, 0.15) is 16.1 Å². The van der Waals surface area contributed by atoms with Crippen LogP contribution in [0, 0.1) is 11.8 Å². The lowest BCUT2D eigenvalue weighted by Crippen LogP contribution is -2.12. The van der Waals surface area contributed by atoms with E-state index < -0.39 is 0 Å². The van der Waals surface area contributed by atoms with E-state index in [1.807, 2.05) is 0 Å². The second-order valence-electron chi connectivity index (χ2n) is 3.28. The maximum atomic E-state index is 11.7. The number of carbonyl (C=O) groups is 1. The summed E-state index contributed by atoms with van der Waals surface area (Å²) in [5.74, 6) is 5.00. The minimum Gasteiger partial charge on any atom is -0.384 e. The number of aliphatic hydroxyl groups excluding tert-OH is 1. The van der Waals surface area contributed by atoms with E-state index in [2.05, 4.69) is 26.7 Å². The summed E-state index contributed by atoms with van der Waals surface area (Å²) in [6, 6.07) is 7.04. The summed E-state index contributed by atoms with van der Waals surface area (Å²) < 4.78 is 3.62. The average Bonchev–Trinajstić information content (AvgIpc) is 2.91. The maximum absolute atomic E-state index is 11.7. The predicted molar refractivity (Wildman–Crippen MR) is 68.3 cm³/mol. The summed E-state index contributed by atoms with van der Waals surface area (Å²) in [4.78, 5) is 11.7. The van der Waals surface area contributed by atoms with Crippen molar-refractivity contribution in [2.24, 2.45) is 0 Å². The standard InChI is InChI=1S/C12H9N3O2S/c16-6-2-4-9-3-1-5-10(7-9)13-12(17)11-8-18-15-14-11/h1,3,5,7-8,16H,6H2,(H,13,17). The van der Waals surface area contributed by atoms with Gasteiger partial charge in [0.05, 0.1) is 0 Å². The first-order chi connectivity index (χ1) is 8.79. The van der Waals surface area contributed by atoms with Crippen molar-refractivity contribution < 1.29 is 9.90 Å². The van der Waals surface area contributed by atoms with E-state index in [1.54, 1.807) is 29.6 Å². The van der Waals surface area contributed by atoms with Crippen molar-refractivity contribution in [2.45, 2.75) is 0 Å². The number of hydrogen-bond donors (Lipinski definition) is 2. The van der Waals surface area contributed by atoms with Crippen LogP contribution in [0.5, 0.6) is 0 Å². The van der Waals surface area contributed by atoms with Gasteiger partial charge >= 0.3 is 0 Å². The van der Waals surface area contributed by atoms with Gasteiger partial charge in [0, 0.05) is 16.6 Å². The van der Waals surface area contributed by atoms with Gasteiger partial charge in [-0.05, 0) is 29.7 Å². The Morgan fingerprint density at radius 1 is 1.50 bits per heavy atom. The number of aromatic nitrogens is 2. The molecule has 0 aliphatic heterocycles. The van der Waals surface area contributed by atoms with Crippen molar-refractivity contribution >= 4 is 23.1 Å². The second kappa shape index (κ2) is 5.91. The fourth-order valence-corrected chi connectivity index (χ4v) is 1.71. The van der Waals surface area contributed by atoms with Gasteiger partial charge in [-0.1, -0.05) is 22.4 Å². The molecule has 0 saturated carbocycles. The number of benzene rings is 1. The molecule has 1 heterocycles. The van der Waals surface area contributed by atoms with Crippen molar-refractivity contribution in [2.75, 3.05) is 11.9 Å². The molecule has 0 aliphatic carbocycles. The van der Waals surface area contributed by atoms with E-state index >= 15 is 0 Å². The van der Waals surface area contributed by atoms with Gasteiger partial charge < -0.3 is 10.4 Å². The molecule has 0 bridgehead atoms. The van der Waals surface area contributed by atoms with Gasteiger partial charge in [-0.15, -0.1) is 5.10 Å². The third-order valence-corrected chi connectivity index (χ3v) is 2.53. The summed E-state index contributed by atoms with van der Waals surface area (Å²) in [6.07, 6.45) is 0. The van der Waals surface area contributed by atoms with Gasteiger partial charge in [0.1, 0.15) is 6.61 Å². The molecular weight excluding hydrogens is 250 g/mol. The van der Waals surface area contributed by atoms with E-state index in [9.17, 15) is 4.79 Å². The highest BCUT2D eigenvalue weighted by Crippen LogP contribution is 2.11. The van der Waals surface area contributed by atoms with Crippen LogP contribution in [0.15, 0.2) is 29.6 Å². The smallest absolute Gasteiger partial charge is 0.277 e. The van der Waals surface area contributed by atoms with Crippen molar-refractivity contribution in [3.05, 3.63) is 40.9 Å². The molecule has 2 rings (SSSR count). The Labute approximate surface area is 108 Å². The number of rotatable bonds is 2. The molecule has 0 spiro atoms. The summed E-state index contributed by atoms with van der Waals surface area (Å²) >= 11 is 1.12. The highest BCUT2D eigenvalue weighted by Gasteiger charge is 2.08. The lowest BCUT2D eigenvalue weighted by Gasteiger charge is -2.02. The van der Waals surface area contributed by atoms with Crippen LogP contribution in [0.3, 0.4) is 0 Å². The van der Waals surface area contributed by atoms with Gasteiger partial charge in [0.2, 0.25) is 0 Å². The molecule has 2 N–H and O–H groups in total. The number of aliphatic hydroxyl groups is 1. The molecule has 1 amide bonds. The maximum Gasteiger partial charge on any atom is 0.277 e. The van der Waals surface area contributed by atoms with Crippen LogP contribution in [-0.2, 0) is 0 Å². The average molecular weight is 259 g/mol. The lowest BCUT2D eigenvalue weighted by atomic mass is 10.2. The molecule has 1 aromatic heterocycles. The Bertz CT molecular complexity index is 599. The monoisotopic (exact) mass is 259 g/mol. The molecule has 90 valence electrons. The number of hydrogen-bond acceptors (Lipinski definition) is 5. The summed E-state index contributed by atoms with van der Waals surface area (Å²) in [5, 5.41) is 16.6. The molecular formula is C12H9N3O2S. The Hall–Kier alpha value is -2.23. The van der Waals surface area contributed by atoms with E-state index in [-0.39, 0.29) is 18.2 Å². The second-order valence-corrected chi connectivity index (χ2v) is 3.89. The van der Waals surface area contributed by atoms with Crippen LogP contribution >= 0.6 is 11.5 Å². The summed E-state index contributed by atoms with van der Waals surface area (Å²) in [7, 11) is 0. The van der Waals surface area contributed by atoms with Crippen molar-refractivity contribution in [3.63, 3.8) is 0 Å². The largest absolute Gasteiger partial charge is 0.384 e. The molecule has 0 fully saturated rings. The van der Waals surface area contributed by atoms with Crippen molar-refractivity contribution in [1.82, 2.24) is 9.59 Å². The zero-order chi connectivity index (χ0) is 12.8. The summed E-state index contributed by atoms with van der Waals surface area (Å²) in [5.41, 5.74) is 1.63. The fraction of sp³-hybridized carbons (Fsp3) is 0.0833. The van der Waals surface area contributed by atoms with Crippen molar-refractivity contribution in [1.29, 1.82) is 0 Å². The SMILES string of the molecule is O=C(Nc1cccc(C#CCO)c1)c1csnn1. The molecule has 0 atom stereocenters. The Morgan fingerprint density at radius 3 is 3.11 bits per heavy atom. The van der Waals surface area contributed by atoms with Crippen LogP contribution in [0.4, 0.5) is 5.69 Å². The number of anilines is 1. The molecule has 5 nitrogen and oxygen atoms in total. The van der Waals surface area contributed by atoms with Gasteiger partial charge in [0.15, 0.2) is 5.69 Å². The van der Waals surface area contributed by atoms with E-state index in [0.717, 1.165) is 17.1 Å². The molecule has 18 heavy (non-hydrogen) atoms. The highest BCUT2D eigenvalue weighted by atomic mass is 32.1. The van der Waals surface area contributed by atoms with Crippen LogP contribution in [0.2, 0.25) is 0 Å². The molecule has 0 saturated heterocycles. The molecule has 0 unspecified atom stereocenters. The quantitative estimate of drug-likeness (QED) is 0.793. The predicted octanol–water partition coefficient (Wildman–Crippen LogP) is 1.13. The Balaban J connectivity index is 2.12. The van der Waals surface area contributed by atoms with E-state index in [0.29, 0.717) is 5.69 Å². The molecule has 1 aromatic carbocycles. The number of carbonyl (C=O) groups excluding carboxylic acids is 1. The number of nitrogens with one attached hydrogen (secondary N) is 1. The number of nitrogens with zero attached hydrogens (tertiary/aromatic N) is 2. The third-order valence-electron chi connectivity index (χ3n) is 2.02. The zero-order valence-electron chi connectivity index (χ0n) is 9.25. The van der Waals surface area contributed by atoms with Gasteiger partial charge in [-0.25, -0.2) is 0 Å². The third kappa shape index (κ3) is 3.13. The molecule has 0 aliphatic rings. The van der Waals surface area contributed by atoms with Gasteiger partial charge in [0.25, 0.3) is 5.91 Å². The lowest BCUT2D eigenvalue weighted by molar-refractivity contribution is 0.102. The topological polar surface area (TPSA) is 75.1 Å².